The first kappa shape index (κ1) is 31.9. The fraction of sp³-hybridized carbons (Fsp3) is 1.00. The molecule has 0 heterocycles. The molecule has 0 amide bonds. The van der Waals surface area contributed by atoms with E-state index in [-0.39, 0.29) is 13.2 Å². The largest absolute Gasteiger partial charge is 0.469 e. The summed E-state index contributed by atoms with van der Waals surface area (Å²) in [6.45, 7) is 6.90. The summed E-state index contributed by atoms with van der Waals surface area (Å²) >= 11 is 0. The van der Waals surface area contributed by atoms with Crippen molar-refractivity contribution >= 4 is 7.82 Å². The van der Waals surface area contributed by atoms with E-state index in [2.05, 4.69) is 11.4 Å². The summed E-state index contributed by atoms with van der Waals surface area (Å²) in [7, 11) is -4.41. The van der Waals surface area contributed by atoms with E-state index in [1.807, 2.05) is 0 Å². The third-order valence-electron chi connectivity index (χ3n) is 4.62. The van der Waals surface area contributed by atoms with Crippen LogP contribution in [0, 0.1) is 0 Å². The van der Waals surface area contributed by atoms with Crippen LogP contribution in [0.5, 0.6) is 0 Å². The Labute approximate surface area is 194 Å². The molecular formula is C22H47O9P. The van der Waals surface area contributed by atoms with E-state index in [0.29, 0.717) is 52.9 Å². The first-order valence-electron chi connectivity index (χ1n) is 12.1. The fourth-order valence-corrected chi connectivity index (χ4v) is 3.20. The Kier molecular flexibility index (Phi) is 25.5. The van der Waals surface area contributed by atoms with Gasteiger partial charge in [-0.3, -0.25) is 4.52 Å². The minimum atomic E-state index is -4.41. The van der Waals surface area contributed by atoms with Crippen LogP contribution in [0.3, 0.4) is 0 Å². The molecule has 0 spiro atoms. The van der Waals surface area contributed by atoms with Crippen LogP contribution in [0.4, 0.5) is 0 Å². The van der Waals surface area contributed by atoms with Crippen molar-refractivity contribution in [1.82, 2.24) is 0 Å². The van der Waals surface area contributed by atoms with Crippen molar-refractivity contribution in [2.24, 2.45) is 0 Å². The first-order valence-corrected chi connectivity index (χ1v) is 13.7. The van der Waals surface area contributed by atoms with E-state index in [4.69, 9.17) is 33.5 Å². The van der Waals surface area contributed by atoms with E-state index in [0.717, 1.165) is 13.0 Å². The predicted octanol–water partition coefficient (Wildman–Crippen LogP) is 4.10. The van der Waals surface area contributed by atoms with Crippen LogP contribution in [-0.4, -0.2) is 82.5 Å². The summed E-state index contributed by atoms with van der Waals surface area (Å²) in [5, 5.41) is 0. The lowest BCUT2D eigenvalue weighted by molar-refractivity contribution is -0.0134. The molecule has 0 aromatic rings. The Balaban J connectivity index is 3.03. The molecule has 0 bridgehead atoms. The van der Waals surface area contributed by atoms with Crippen LogP contribution in [-0.2, 0) is 32.8 Å². The maximum absolute atomic E-state index is 10.4. The third kappa shape index (κ3) is 29.9. The minimum absolute atomic E-state index is 0.102. The highest BCUT2D eigenvalue weighted by Gasteiger charge is 2.12. The van der Waals surface area contributed by atoms with Gasteiger partial charge in [0.15, 0.2) is 0 Å². The van der Waals surface area contributed by atoms with Gasteiger partial charge in [0.1, 0.15) is 0 Å². The molecular weight excluding hydrogens is 439 g/mol. The zero-order valence-electron chi connectivity index (χ0n) is 20.0. The average molecular weight is 487 g/mol. The summed E-state index contributed by atoms with van der Waals surface area (Å²) < 4.78 is 41.5. The molecule has 0 aliphatic heterocycles. The van der Waals surface area contributed by atoms with Crippen molar-refractivity contribution in [2.45, 2.75) is 71.1 Å². The first-order chi connectivity index (χ1) is 15.6. The van der Waals surface area contributed by atoms with Gasteiger partial charge >= 0.3 is 7.82 Å². The Hall–Kier alpha value is -0.0900. The highest BCUT2D eigenvalue weighted by atomic mass is 31.2. The molecule has 0 aliphatic rings. The number of hydrogen-bond acceptors (Lipinski definition) is 7. The zero-order valence-corrected chi connectivity index (χ0v) is 20.9. The lowest BCUT2D eigenvalue weighted by Gasteiger charge is -2.08. The van der Waals surface area contributed by atoms with Gasteiger partial charge in [-0.05, 0) is 6.42 Å². The molecule has 0 saturated carbocycles. The van der Waals surface area contributed by atoms with Crippen molar-refractivity contribution in [3.8, 4) is 0 Å². The molecule has 0 rings (SSSR count). The summed E-state index contributed by atoms with van der Waals surface area (Å²) in [6.07, 6.45) is 13.3. The fourth-order valence-electron chi connectivity index (χ4n) is 2.89. The van der Waals surface area contributed by atoms with Crippen LogP contribution in [0.25, 0.3) is 0 Å². The maximum atomic E-state index is 10.4. The predicted molar refractivity (Wildman–Crippen MR) is 124 cm³/mol. The van der Waals surface area contributed by atoms with E-state index in [1.165, 1.54) is 57.8 Å². The van der Waals surface area contributed by atoms with Gasteiger partial charge in [-0.2, -0.15) is 0 Å². The molecule has 194 valence electrons. The highest BCUT2D eigenvalue weighted by molar-refractivity contribution is 7.46. The van der Waals surface area contributed by atoms with Crippen molar-refractivity contribution in [3.05, 3.63) is 0 Å². The summed E-state index contributed by atoms with van der Waals surface area (Å²) in [5.74, 6) is 0. The SMILES string of the molecule is CCCCCCCCCCCCOCCOCCOCCOCCOCCOP(=O)(O)O. The van der Waals surface area contributed by atoms with Crippen molar-refractivity contribution in [3.63, 3.8) is 0 Å². The quantitative estimate of drug-likeness (QED) is 0.131. The van der Waals surface area contributed by atoms with E-state index in [1.54, 1.807) is 0 Å². The molecule has 32 heavy (non-hydrogen) atoms. The summed E-state index contributed by atoms with van der Waals surface area (Å²) in [4.78, 5) is 17.0. The smallest absolute Gasteiger partial charge is 0.379 e. The number of rotatable bonds is 27. The van der Waals surface area contributed by atoms with Crippen LogP contribution in [0.2, 0.25) is 0 Å². The summed E-state index contributed by atoms with van der Waals surface area (Å²) in [5.41, 5.74) is 0. The van der Waals surface area contributed by atoms with Crippen molar-refractivity contribution in [1.29, 1.82) is 0 Å². The molecule has 0 atom stereocenters. The average Bonchev–Trinajstić information content (AvgIpc) is 2.75. The molecule has 9 nitrogen and oxygen atoms in total. The van der Waals surface area contributed by atoms with Crippen molar-refractivity contribution in [2.75, 3.05) is 72.7 Å². The van der Waals surface area contributed by atoms with Gasteiger partial charge in [0.2, 0.25) is 0 Å². The third-order valence-corrected chi connectivity index (χ3v) is 5.14. The van der Waals surface area contributed by atoms with Crippen molar-refractivity contribution < 1.29 is 42.6 Å². The van der Waals surface area contributed by atoms with Gasteiger partial charge in [0.05, 0.1) is 66.1 Å². The van der Waals surface area contributed by atoms with Gasteiger partial charge in [0, 0.05) is 6.61 Å². The van der Waals surface area contributed by atoms with Gasteiger partial charge in [-0.15, -0.1) is 0 Å². The van der Waals surface area contributed by atoms with Crippen LogP contribution < -0.4 is 0 Å². The molecule has 0 aliphatic carbocycles. The topological polar surface area (TPSA) is 113 Å². The second-order valence-corrected chi connectivity index (χ2v) is 8.81. The van der Waals surface area contributed by atoms with Crippen LogP contribution in [0.15, 0.2) is 0 Å². The Morgan fingerprint density at radius 3 is 1.16 bits per heavy atom. The monoisotopic (exact) mass is 486 g/mol. The lowest BCUT2D eigenvalue weighted by atomic mass is 10.1. The molecule has 0 aromatic heterocycles. The Morgan fingerprint density at radius 2 is 0.781 bits per heavy atom. The molecule has 0 radical (unpaired) electrons. The normalized spacial score (nSPS) is 12.0. The molecule has 0 aromatic carbocycles. The molecule has 0 fully saturated rings. The standard InChI is InChI=1S/C22H47O9P/c1-2-3-4-5-6-7-8-9-10-11-12-26-13-14-27-15-16-28-17-18-29-19-20-30-21-22-31-32(23,24)25/h2-22H2,1H3,(H2,23,24,25). The number of hydrogen-bond donors (Lipinski definition) is 2. The minimum Gasteiger partial charge on any atom is -0.379 e. The highest BCUT2D eigenvalue weighted by Crippen LogP contribution is 2.35. The zero-order chi connectivity index (χ0) is 23.6. The second kappa shape index (κ2) is 25.5. The Bertz CT molecular complexity index is 407. The van der Waals surface area contributed by atoms with Gasteiger partial charge in [0.25, 0.3) is 0 Å². The number of phosphoric acid groups is 1. The van der Waals surface area contributed by atoms with Crippen LogP contribution >= 0.6 is 7.82 Å². The van der Waals surface area contributed by atoms with E-state index >= 15 is 0 Å². The second-order valence-electron chi connectivity index (χ2n) is 7.57. The number of unbranched alkanes of at least 4 members (excludes halogenated alkanes) is 9. The van der Waals surface area contributed by atoms with Crippen LogP contribution in [0.1, 0.15) is 71.1 Å². The number of ether oxygens (including phenoxy) is 5. The van der Waals surface area contributed by atoms with E-state index in [9.17, 15) is 4.57 Å². The molecule has 10 heteroatoms. The van der Waals surface area contributed by atoms with Gasteiger partial charge < -0.3 is 33.5 Å². The van der Waals surface area contributed by atoms with E-state index < -0.39 is 7.82 Å². The summed E-state index contributed by atoms with van der Waals surface area (Å²) in [6, 6.07) is 0. The van der Waals surface area contributed by atoms with Gasteiger partial charge in [-0.25, -0.2) is 4.57 Å². The Morgan fingerprint density at radius 1 is 0.469 bits per heavy atom. The molecule has 0 saturated heterocycles. The number of phosphoric ester groups is 1. The maximum Gasteiger partial charge on any atom is 0.469 e. The molecule has 0 unspecified atom stereocenters. The van der Waals surface area contributed by atoms with Gasteiger partial charge in [-0.1, -0.05) is 64.7 Å². The lowest BCUT2D eigenvalue weighted by Crippen LogP contribution is -2.14. The molecule has 2 N–H and O–H groups in total.